The topological polar surface area (TPSA) is 196 Å². The van der Waals surface area contributed by atoms with E-state index in [1.807, 2.05) is 31.2 Å². The van der Waals surface area contributed by atoms with Crippen LogP contribution in [0.5, 0.6) is 0 Å². The molecule has 1 aliphatic heterocycles. The zero-order valence-corrected chi connectivity index (χ0v) is 30.2. The molecule has 14 nitrogen and oxygen atoms in total. The summed E-state index contributed by atoms with van der Waals surface area (Å²) in [6.07, 6.45) is -1.16. The van der Waals surface area contributed by atoms with Gasteiger partial charge in [-0.25, -0.2) is 9.37 Å². The Labute approximate surface area is 300 Å². The smallest absolute Gasteiger partial charge is 0.305 e. The predicted molar refractivity (Wildman–Crippen MR) is 185 cm³/mol. The first-order valence-electron chi connectivity index (χ1n) is 17.0. The number of benzene rings is 1. The highest BCUT2D eigenvalue weighted by atomic mass is 32.1. The van der Waals surface area contributed by atoms with Crippen molar-refractivity contribution < 1.29 is 48.0 Å². The van der Waals surface area contributed by atoms with Crippen LogP contribution in [0.15, 0.2) is 29.8 Å². The zero-order chi connectivity index (χ0) is 37.3. The van der Waals surface area contributed by atoms with E-state index in [1.165, 1.54) is 16.2 Å². The van der Waals surface area contributed by atoms with Crippen LogP contribution in [-0.4, -0.2) is 113 Å². The number of aliphatic hydroxyl groups excluding tert-OH is 1. The lowest BCUT2D eigenvalue weighted by Crippen LogP contribution is -2.59. The largest absolute Gasteiger partial charge is 0.481 e. The second-order valence-electron chi connectivity index (χ2n) is 14.0. The number of hydrogen-bond acceptors (Lipinski definition) is 10. The Hall–Kier alpha value is -3.99. The van der Waals surface area contributed by atoms with Gasteiger partial charge in [0.25, 0.3) is 5.91 Å². The minimum absolute atomic E-state index is 0.0602. The van der Waals surface area contributed by atoms with Gasteiger partial charge in [0, 0.05) is 19.5 Å². The number of aryl methyl sites for hydroxylation is 1. The van der Waals surface area contributed by atoms with Gasteiger partial charge in [-0.15, -0.1) is 11.3 Å². The van der Waals surface area contributed by atoms with Gasteiger partial charge in [-0.05, 0) is 36.3 Å². The Morgan fingerprint density at radius 1 is 1.06 bits per heavy atom. The molecule has 4 rings (SSSR count). The van der Waals surface area contributed by atoms with Gasteiger partial charge in [-0.1, -0.05) is 45.0 Å². The summed E-state index contributed by atoms with van der Waals surface area (Å²) in [5, 5.41) is 27.5. The predicted octanol–water partition coefficient (Wildman–Crippen LogP) is 2.28. The molecule has 5 N–H and O–H groups in total. The number of aliphatic carboxylic acids is 1. The number of carbonyl (C=O) groups excluding carboxylic acids is 4. The third-order valence-electron chi connectivity index (χ3n) is 8.78. The summed E-state index contributed by atoms with van der Waals surface area (Å²) in [6, 6.07) is 4.30. The summed E-state index contributed by atoms with van der Waals surface area (Å²) in [5.41, 5.74) is 1.35. The molecule has 4 amide bonds. The van der Waals surface area contributed by atoms with Crippen molar-refractivity contribution in [2.24, 2.45) is 5.41 Å². The Morgan fingerprint density at radius 2 is 1.73 bits per heavy atom. The van der Waals surface area contributed by atoms with Gasteiger partial charge in [0.15, 0.2) is 5.67 Å². The van der Waals surface area contributed by atoms with Crippen LogP contribution in [0.2, 0.25) is 0 Å². The molecule has 2 aliphatic rings. The van der Waals surface area contributed by atoms with Crippen LogP contribution in [0.25, 0.3) is 10.4 Å². The Bertz CT molecular complexity index is 1540. The quantitative estimate of drug-likeness (QED) is 0.142. The van der Waals surface area contributed by atoms with Gasteiger partial charge in [-0.2, -0.15) is 0 Å². The van der Waals surface area contributed by atoms with Crippen molar-refractivity contribution in [1.29, 1.82) is 0 Å². The number of halogens is 1. The highest BCUT2D eigenvalue weighted by Crippen LogP contribution is 2.40. The standard InChI is InChI=1S/C35H48FN5O9S/c1-21-29(51-20-38-21)23-7-5-22(6-8-23)25(18-27(43)37-12-14-50-16-15-49-13-9-28(44)45)39-31(46)26-17-24(42)19-41(26)32(47)30(34(2,3)4)40-33(48)35(36)10-11-35/h5-8,20,24-26,30,42H,9-19H2,1-4H3,(H,37,43)(H,39,46)(H,40,48)(H,44,45)/t24-,25+,26+,30-/m1/s1. The molecule has 280 valence electrons. The highest BCUT2D eigenvalue weighted by molar-refractivity contribution is 7.13. The number of nitrogens with one attached hydrogen (secondary N) is 3. The first kappa shape index (κ1) is 39.8. The van der Waals surface area contributed by atoms with Crippen LogP contribution >= 0.6 is 11.3 Å². The van der Waals surface area contributed by atoms with E-state index in [0.29, 0.717) is 5.56 Å². The third kappa shape index (κ3) is 11.2. The molecule has 0 spiro atoms. The number of likely N-dealkylation sites (tertiary alicyclic amines) is 1. The summed E-state index contributed by atoms with van der Waals surface area (Å²) in [5.74, 6) is -3.39. The zero-order valence-electron chi connectivity index (χ0n) is 29.4. The van der Waals surface area contributed by atoms with E-state index < -0.39 is 59.0 Å². The molecule has 2 fully saturated rings. The minimum Gasteiger partial charge on any atom is -0.481 e. The van der Waals surface area contributed by atoms with E-state index in [1.54, 1.807) is 26.3 Å². The van der Waals surface area contributed by atoms with Crippen molar-refractivity contribution >= 4 is 40.9 Å². The summed E-state index contributed by atoms with van der Waals surface area (Å²) >= 11 is 1.49. The number of hydrogen-bond donors (Lipinski definition) is 5. The molecule has 4 atom stereocenters. The summed E-state index contributed by atoms with van der Waals surface area (Å²) < 4.78 is 25.2. The number of carboxylic acid groups (broad SMARTS) is 1. The number of β-amino-alcohol motifs (C(OH)–C–C–N with tert-alkyl or cyclic N) is 1. The molecule has 51 heavy (non-hydrogen) atoms. The molecular weight excluding hydrogens is 685 g/mol. The highest BCUT2D eigenvalue weighted by Gasteiger charge is 2.53. The number of amides is 4. The van der Waals surface area contributed by atoms with Crippen LogP contribution in [0.3, 0.4) is 0 Å². The fourth-order valence-electron chi connectivity index (χ4n) is 5.69. The fourth-order valence-corrected chi connectivity index (χ4v) is 6.50. The minimum atomic E-state index is -2.00. The molecule has 1 saturated heterocycles. The summed E-state index contributed by atoms with van der Waals surface area (Å²) in [6.45, 7) is 7.79. The number of ether oxygens (including phenoxy) is 2. The maximum absolute atomic E-state index is 14.6. The molecule has 2 aromatic rings. The van der Waals surface area contributed by atoms with Crippen molar-refractivity contribution in [2.45, 2.75) is 89.7 Å². The number of aromatic nitrogens is 1. The van der Waals surface area contributed by atoms with Crippen molar-refractivity contribution in [3.63, 3.8) is 0 Å². The average Bonchev–Trinajstić information content (AvgIpc) is 3.48. The molecule has 1 aromatic carbocycles. The Balaban J connectivity index is 1.44. The maximum Gasteiger partial charge on any atom is 0.305 e. The van der Waals surface area contributed by atoms with Gasteiger partial charge in [0.1, 0.15) is 12.1 Å². The van der Waals surface area contributed by atoms with Crippen molar-refractivity contribution in [1.82, 2.24) is 25.8 Å². The van der Waals surface area contributed by atoms with Crippen LogP contribution in [0.4, 0.5) is 4.39 Å². The van der Waals surface area contributed by atoms with Gasteiger partial charge in [-0.3, -0.25) is 24.0 Å². The molecule has 0 bridgehead atoms. The lowest BCUT2D eigenvalue weighted by molar-refractivity contribution is -0.145. The number of thiazole rings is 1. The third-order valence-corrected chi connectivity index (χ3v) is 9.75. The van der Waals surface area contributed by atoms with E-state index in [4.69, 9.17) is 14.6 Å². The first-order valence-corrected chi connectivity index (χ1v) is 17.9. The Morgan fingerprint density at radius 3 is 2.31 bits per heavy atom. The molecule has 2 heterocycles. The number of aliphatic hydroxyl groups is 1. The van der Waals surface area contributed by atoms with E-state index in [2.05, 4.69) is 20.9 Å². The van der Waals surface area contributed by atoms with Crippen molar-refractivity contribution in [2.75, 3.05) is 39.5 Å². The van der Waals surface area contributed by atoms with Gasteiger partial charge in [0.2, 0.25) is 17.7 Å². The van der Waals surface area contributed by atoms with Gasteiger partial charge >= 0.3 is 5.97 Å². The molecular formula is C35H48FN5O9S. The molecule has 1 saturated carbocycles. The molecule has 1 aliphatic carbocycles. The second kappa shape index (κ2) is 17.5. The lowest BCUT2D eigenvalue weighted by Gasteiger charge is -2.36. The molecule has 0 radical (unpaired) electrons. The maximum atomic E-state index is 14.6. The van der Waals surface area contributed by atoms with Gasteiger partial charge < -0.3 is 40.5 Å². The number of carbonyl (C=O) groups is 5. The number of rotatable bonds is 18. The fraction of sp³-hybridized carbons (Fsp3) is 0.600. The van der Waals surface area contributed by atoms with Crippen LogP contribution < -0.4 is 16.0 Å². The van der Waals surface area contributed by atoms with Crippen LogP contribution in [0, 0.1) is 12.3 Å². The van der Waals surface area contributed by atoms with Crippen molar-refractivity contribution in [3.8, 4) is 10.4 Å². The molecule has 1 aromatic heterocycles. The van der Waals surface area contributed by atoms with E-state index >= 15 is 0 Å². The first-order chi connectivity index (χ1) is 24.1. The van der Waals surface area contributed by atoms with Crippen LogP contribution in [-0.2, 0) is 33.4 Å². The van der Waals surface area contributed by atoms with Gasteiger partial charge in [0.05, 0.1) is 67.5 Å². The molecule has 0 unspecified atom stereocenters. The SMILES string of the molecule is Cc1ncsc1-c1ccc([C@H](CC(=O)NCCOCCOCCC(=O)O)NC(=O)[C@@H]2C[C@@H](O)CN2C(=O)[C@@H](NC(=O)C2(F)CC2)C(C)(C)C)cc1. The summed E-state index contributed by atoms with van der Waals surface area (Å²) in [7, 11) is 0. The van der Waals surface area contributed by atoms with Crippen molar-refractivity contribution in [3.05, 3.63) is 41.0 Å². The van der Waals surface area contributed by atoms with Crippen LogP contribution in [0.1, 0.15) is 70.2 Å². The number of nitrogens with zero attached hydrogens (tertiary/aromatic N) is 2. The average molecular weight is 734 g/mol. The number of carboxylic acids is 1. The monoisotopic (exact) mass is 733 g/mol. The van der Waals surface area contributed by atoms with E-state index in [9.17, 15) is 33.5 Å². The molecule has 16 heteroatoms. The summed E-state index contributed by atoms with van der Waals surface area (Å²) in [4.78, 5) is 70.6. The second-order valence-corrected chi connectivity index (χ2v) is 14.9. The lowest BCUT2D eigenvalue weighted by atomic mass is 9.85. The van der Waals surface area contributed by atoms with E-state index in [-0.39, 0.29) is 77.5 Å². The normalized spacial score (nSPS) is 19.2. The Kier molecular flexibility index (Phi) is 13.6. The van der Waals surface area contributed by atoms with E-state index in [0.717, 1.165) is 16.1 Å². The number of alkyl halides is 1.